The molecule has 0 aromatic heterocycles. The molecule has 0 aliphatic heterocycles. The van der Waals surface area contributed by atoms with E-state index in [-0.39, 0.29) is 32.7 Å². The van der Waals surface area contributed by atoms with Gasteiger partial charge in [-0.2, -0.15) is 12.8 Å². The third kappa shape index (κ3) is 72.3. The van der Waals surface area contributed by atoms with E-state index in [1.807, 2.05) is 48.0 Å². The molecule has 2 heteroatoms. The van der Waals surface area contributed by atoms with Crippen molar-refractivity contribution < 1.29 is 37.5 Å². The van der Waals surface area contributed by atoms with E-state index in [1.54, 1.807) is 0 Å². The third-order valence-electron chi connectivity index (χ3n) is 0.921. The Morgan fingerprint density at radius 3 is 1.73 bits per heavy atom. The number of aldehydes is 1. The van der Waals surface area contributed by atoms with Crippen molar-refractivity contribution in [3.05, 3.63) is 13.3 Å². The summed E-state index contributed by atoms with van der Waals surface area (Å²) in [6.07, 6.45) is 6.60. The van der Waals surface area contributed by atoms with Crippen molar-refractivity contribution in [2.45, 2.75) is 67.2 Å². The summed E-state index contributed by atoms with van der Waals surface area (Å²) >= 11 is 0. The molecule has 0 aliphatic carbocycles. The summed E-state index contributed by atoms with van der Waals surface area (Å²) in [7, 11) is 0. The maximum Gasteiger partial charge on any atom is 0.0900 e. The van der Waals surface area contributed by atoms with Gasteiger partial charge in [0.25, 0.3) is 0 Å². The monoisotopic (exact) mass is 291 g/mol. The van der Waals surface area contributed by atoms with Crippen molar-refractivity contribution in [2.24, 2.45) is 0 Å². The van der Waals surface area contributed by atoms with Gasteiger partial charge in [-0.15, -0.1) is 12.8 Å². The van der Waals surface area contributed by atoms with Gasteiger partial charge >= 0.3 is 0 Å². The van der Waals surface area contributed by atoms with Gasteiger partial charge in [-0.1, -0.05) is 41.5 Å². The second-order valence-corrected chi connectivity index (χ2v) is 1.69. The van der Waals surface area contributed by atoms with Gasteiger partial charge in [0.2, 0.25) is 0 Å². The summed E-state index contributed by atoms with van der Waals surface area (Å²) in [5.41, 5.74) is 0. The zero-order valence-electron chi connectivity index (χ0n) is 11.7. The summed E-state index contributed by atoms with van der Waals surface area (Å²) in [5.74, 6) is 0. The molecule has 0 N–H and O–H groups in total. The molecule has 0 atom stereocenters. The quantitative estimate of drug-likeness (QED) is 0.401. The van der Waals surface area contributed by atoms with Gasteiger partial charge < -0.3 is 18.1 Å². The van der Waals surface area contributed by atoms with Crippen molar-refractivity contribution in [1.29, 1.82) is 0 Å². The zero-order valence-corrected chi connectivity index (χ0v) is 14.5. The van der Waals surface area contributed by atoms with Gasteiger partial charge in [-0.05, 0) is 0 Å². The first kappa shape index (κ1) is 29.7. The summed E-state index contributed by atoms with van der Waals surface area (Å²) in [6, 6.07) is 0. The smallest absolute Gasteiger partial charge is 0.0900 e. The molecule has 0 saturated carbocycles. The van der Waals surface area contributed by atoms with E-state index in [0.717, 1.165) is 25.5 Å². The minimum absolute atomic E-state index is 0. The SMILES string of the molecule is CC.CC.CC.[CH2-]CCC[CH-]CC=O.[Y]. The minimum atomic E-state index is 0. The van der Waals surface area contributed by atoms with Gasteiger partial charge in [0.1, 0.15) is 0 Å². The Morgan fingerprint density at radius 2 is 1.47 bits per heavy atom. The van der Waals surface area contributed by atoms with Crippen LogP contribution >= 0.6 is 0 Å². The van der Waals surface area contributed by atoms with Crippen molar-refractivity contribution in [1.82, 2.24) is 0 Å². The average molecular weight is 291 g/mol. The van der Waals surface area contributed by atoms with Gasteiger partial charge in [0.15, 0.2) is 0 Å². The third-order valence-corrected chi connectivity index (χ3v) is 0.921. The van der Waals surface area contributed by atoms with E-state index in [1.165, 1.54) is 0 Å². The molecule has 1 nitrogen and oxygen atoms in total. The number of unbranched alkanes of at least 4 members (excludes halogenated alkanes) is 4. The Morgan fingerprint density at radius 1 is 1.07 bits per heavy atom. The molecule has 0 fully saturated rings. The van der Waals surface area contributed by atoms with E-state index in [2.05, 4.69) is 6.92 Å². The molecule has 0 aromatic rings. The zero-order chi connectivity index (χ0) is 12.2. The Hall–Kier alpha value is 0.774. The van der Waals surface area contributed by atoms with E-state index in [9.17, 15) is 4.79 Å². The normalized spacial score (nSPS) is 6.07. The number of hydrogen-bond acceptors (Lipinski definition) is 1. The van der Waals surface area contributed by atoms with Crippen molar-refractivity contribution in [2.75, 3.05) is 0 Å². The largest absolute Gasteiger partial charge is 0.343 e. The van der Waals surface area contributed by atoms with Crippen LogP contribution in [0.4, 0.5) is 0 Å². The van der Waals surface area contributed by atoms with Crippen LogP contribution in [-0.2, 0) is 37.5 Å². The van der Waals surface area contributed by atoms with Crippen molar-refractivity contribution >= 4 is 6.29 Å². The van der Waals surface area contributed by atoms with Gasteiger partial charge in [0, 0.05) is 32.7 Å². The molecule has 0 rings (SSSR count). The molecule has 1 radical (unpaired) electrons. The van der Waals surface area contributed by atoms with E-state index in [4.69, 9.17) is 0 Å². The number of hydrogen-bond donors (Lipinski definition) is 0. The molecular formula is C13H30OY-2. The van der Waals surface area contributed by atoms with E-state index < -0.39 is 0 Å². The van der Waals surface area contributed by atoms with Crippen LogP contribution in [0, 0.1) is 13.3 Å². The predicted octanol–water partition coefficient (Wildman–Crippen LogP) is 4.86. The molecule has 0 saturated heterocycles. The first-order valence-corrected chi connectivity index (χ1v) is 5.96. The fourth-order valence-electron chi connectivity index (χ4n) is 0.475. The molecule has 0 heterocycles. The topological polar surface area (TPSA) is 17.1 Å². The number of carbonyl (C=O) groups excluding carboxylic acids is 1. The Kier molecular flexibility index (Phi) is 121. The number of carbonyl (C=O) groups is 1. The van der Waals surface area contributed by atoms with Crippen LogP contribution < -0.4 is 0 Å². The van der Waals surface area contributed by atoms with Crippen LogP contribution in [-0.4, -0.2) is 6.29 Å². The van der Waals surface area contributed by atoms with Crippen LogP contribution in [0.5, 0.6) is 0 Å². The van der Waals surface area contributed by atoms with Crippen LogP contribution in [0.2, 0.25) is 0 Å². The summed E-state index contributed by atoms with van der Waals surface area (Å²) in [5, 5.41) is 0. The van der Waals surface area contributed by atoms with Crippen molar-refractivity contribution in [3.8, 4) is 0 Å². The minimum Gasteiger partial charge on any atom is -0.343 e. The van der Waals surface area contributed by atoms with Crippen LogP contribution in [0.3, 0.4) is 0 Å². The summed E-state index contributed by atoms with van der Waals surface area (Å²) < 4.78 is 0. The van der Waals surface area contributed by atoms with Gasteiger partial charge in [0.05, 0.1) is 6.29 Å². The molecule has 0 bridgehead atoms. The molecule has 15 heavy (non-hydrogen) atoms. The van der Waals surface area contributed by atoms with Gasteiger partial charge in [-0.25, -0.2) is 0 Å². The molecule has 0 unspecified atom stereocenters. The Balaban J connectivity index is -0.0000000410. The summed E-state index contributed by atoms with van der Waals surface area (Å²) in [6.45, 7) is 15.7. The first-order chi connectivity index (χ1) is 6.91. The predicted molar refractivity (Wildman–Crippen MR) is 68.2 cm³/mol. The molecule has 0 aliphatic rings. The molecular weight excluding hydrogens is 261 g/mol. The molecule has 0 aromatic carbocycles. The van der Waals surface area contributed by atoms with E-state index in [0.29, 0.717) is 6.42 Å². The molecule has 0 amide bonds. The second-order valence-electron chi connectivity index (χ2n) is 1.69. The van der Waals surface area contributed by atoms with Crippen molar-refractivity contribution in [3.63, 3.8) is 0 Å². The van der Waals surface area contributed by atoms with Gasteiger partial charge in [-0.3, -0.25) is 0 Å². The second kappa shape index (κ2) is 61.1. The number of rotatable bonds is 5. The maximum atomic E-state index is 9.72. The first-order valence-electron chi connectivity index (χ1n) is 5.96. The van der Waals surface area contributed by atoms with Crippen LogP contribution in [0.1, 0.15) is 67.2 Å². The van der Waals surface area contributed by atoms with Crippen LogP contribution in [0.15, 0.2) is 0 Å². The standard InChI is InChI=1S/C7H12O.3C2H6.Y/c1-2-3-4-5-6-7-8;3*1-2;/h5,7H,1-4,6H2;3*1-2H3;/q-2;;;;. The fraction of sp³-hybridized carbons (Fsp3) is 0.769. The van der Waals surface area contributed by atoms with Crippen LogP contribution in [0.25, 0.3) is 0 Å². The molecule has 93 valence electrons. The fourth-order valence-corrected chi connectivity index (χ4v) is 0.475. The van der Waals surface area contributed by atoms with E-state index >= 15 is 0 Å². The molecule has 0 spiro atoms. The average Bonchev–Trinajstić information content (AvgIpc) is 2.33. The Bertz CT molecular complexity index is 56.5. The Labute approximate surface area is 124 Å². The maximum absolute atomic E-state index is 9.72. The summed E-state index contributed by atoms with van der Waals surface area (Å²) in [4.78, 5) is 9.72.